The largest absolute Gasteiger partial charge is 0.435 e. The first kappa shape index (κ1) is 16.3. The van der Waals surface area contributed by atoms with Crippen LogP contribution >= 0.6 is 0 Å². The lowest BCUT2D eigenvalue weighted by Crippen LogP contribution is -2.44. The average Bonchev–Trinajstić information content (AvgIpc) is 2.47. The first-order chi connectivity index (χ1) is 10.5. The van der Waals surface area contributed by atoms with Gasteiger partial charge >= 0.3 is 6.61 Å². The topological polar surface area (TPSA) is 68.0 Å². The first-order valence-electron chi connectivity index (χ1n) is 6.88. The molecule has 1 aliphatic heterocycles. The van der Waals surface area contributed by atoms with E-state index in [1.54, 1.807) is 16.8 Å². The predicted octanol–water partition coefficient (Wildman–Crippen LogP) is 1.17. The highest BCUT2D eigenvalue weighted by Gasteiger charge is 2.19. The Hall–Kier alpha value is -2.09. The quantitative estimate of drug-likeness (QED) is 0.798. The van der Waals surface area contributed by atoms with Gasteiger partial charge in [-0.25, -0.2) is 0 Å². The van der Waals surface area contributed by atoms with Crippen LogP contribution in [0.2, 0.25) is 0 Å². The van der Waals surface area contributed by atoms with E-state index in [-0.39, 0.29) is 18.3 Å². The number of rotatable bonds is 6. The Balaban J connectivity index is 1.99. The van der Waals surface area contributed by atoms with Gasteiger partial charge in [0.05, 0.1) is 18.0 Å². The van der Waals surface area contributed by atoms with E-state index in [9.17, 15) is 13.6 Å². The van der Waals surface area contributed by atoms with Crippen LogP contribution in [0.3, 0.4) is 0 Å². The minimum atomic E-state index is -2.88. The number of halogens is 2. The zero-order chi connectivity index (χ0) is 16.1. The van der Waals surface area contributed by atoms with E-state index < -0.39 is 6.61 Å². The van der Waals surface area contributed by atoms with Gasteiger partial charge in [-0.15, -0.1) is 0 Å². The smallest absolute Gasteiger partial charge is 0.387 e. The maximum Gasteiger partial charge on any atom is 0.387 e. The van der Waals surface area contributed by atoms with Gasteiger partial charge in [0, 0.05) is 32.7 Å². The minimum Gasteiger partial charge on any atom is -0.435 e. The molecule has 0 saturated carbocycles. The molecule has 1 heterocycles. The molecule has 1 amide bonds. The van der Waals surface area contributed by atoms with Crippen molar-refractivity contribution in [2.45, 2.75) is 6.61 Å². The molecule has 1 saturated heterocycles. The summed E-state index contributed by atoms with van der Waals surface area (Å²) in [6.07, 6.45) is 0. The molecule has 8 heteroatoms. The van der Waals surface area contributed by atoms with Crippen LogP contribution in [0.25, 0.3) is 0 Å². The number of nitrogens with two attached hydrogens (primary N) is 1. The normalized spacial score (nSPS) is 15.3. The molecule has 0 bridgehead atoms. The van der Waals surface area contributed by atoms with Gasteiger partial charge in [0.25, 0.3) is 0 Å². The second kappa shape index (κ2) is 7.26. The third-order valence-corrected chi connectivity index (χ3v) is 3.43. The molecule has 0 atom stereocenters. The number of amides is 1. The fraction of sp³-hybridized carbons (Fsp3) is 0.500. The summed E-state index contributed by atoms with van der Waals surface area (Å²) >= 11 is 0. The SMILES string of the molecule is CN(CCN1CCOCC1=O)c1cc(OC(F)F)ccc1N. The molecule has 0 radical (unpaired) electrons. The van der Waals surface area contributed by atoms with Gasteiger partial charge in [0.1, 0.15) is 12.4 Å². The van der Waals surface area contributed by atoms with Crippen LogP contribution in [0.1, 0.15) is 0 Å². The molecule has 1 aromatic rings. The van der Waals surface area contributed by atoms with Gasteiger partial charge in [-0.3, -0.25) is 4.79 Å². The molecule has 2 N–H and O–H groups in total. The van der Waals surface area contributed by atoms with Crippen molar-refractivity contribution in [3.05, 3.63) is 18.2 Å². The fourth-order valence-corrected chi connectivity index (χ4v) is 2.21. The number of likely N-dealkylation sites (N-methyl/N-ethyl adjacent to an activating group) is 1. The molecule has 122 valence electrons. The van der Waals surface area contributed by atoms with Gasteiger partial charge in [-0.2, -0.15) is 8.78 Å². The summed E-state index contributed by atoms with van der Waals surface area (Å²) in [5.74, 6) is -0.00379. The molecule has 22 heavy (non-hydrogen) atoms. The summed E-state index contributed by atoms with van der Waals surface area (Å²) in [7, 11) is 1.78. The molecule has 0 aromatic heterocycles. The number of ether oxygens (including phenoxy) is 2. The number of carbonyl (C=O) groups excluding carboxylic acids is 1. The van der Waals surface area contributed by atoms with E-state index in [2.05, 4.69) is 4.74 Å². The zero-order valence-electron chi connectivity index (χ0n) is 12.3. The maximum atomic E-state index is 12.3. The lowest BCUT2D eigenvalue weighted by atomic mass is 10.2. The third kappa shape index (κ3) is 4.20. The molecule has 1 fully saturated rings. The molecular weight excluding hydrogens is 296 g/mol. The van der Waals surface area contributed by atoms with Gasteiger partial charge in [0.2, 0.25) is 5.91 Å². The van der Waals surface area contributed by atoms with Gasteiger partial charge in [-0.05, 0) is 12.1 Å². The number of hydrogen-bond acceptors (Lipinski definition) is 5. The van der Waals surface area contributed by atoms with Gasteiger partial charge < -0.3 is 25.0 Å². The number of benzene rings is 1. The highest BCUT2D eigenvalue weighted by atomic mass is 19.3. The second-order valence-corrected chi connectivity index (χ2v) is 4.95. The van der Waals surface area contributed by atoms with Crippen molar-refractivity contribution in [2.75, 3.05) is 50.5 Å². The molecule has 0 aliphatic carbocycles. The molecule has 0 spiro atoms. The first-order valence-corrected chi connectivity index (χ1v) is 6.88. The summed E-state index contributed by atoms with van der Waals surface area (Å²) in [5.41, 5.74) is 6.91. The van der Waals surface area contributed by atoms with Crippen molar-refractivity contribution < 1.29 is 23.0 Å². The summed E-state index contributed by atoms with van der Waals surface area (Å²) in [4.78, 5) is 15.1. The lowest BCUT2D eigenvalue weighted by Gasteiger charge is -2.30. The number of carbonyl (C=O) groups is 1. The van der Waals surface area contributed by atoms with Crippen molar-refractivity contribution in [1.29, 1.82) is 0 Å². The van der Waals surface area contributed by atoms with Crippen LogP contribution in [-0.4, -0.2) is 57.3 Å². The number of nitrogen functional groups attached to an aromatic ring is 1. The van der Waals surface area contributed by atoms with E-state index in [1.807, 2.05) is 0 Å². The van der Waals surface area contributed by atoms with Crippen molar-refractivity contribution in [1.82, 2.24) is 4.90 Å². The molecular formula is C14H19F2N3O3. The lowest BCUT2D eigenvalue weighted by molar-refractivity contribution is -0.142. The Bertz CT molecular complexity index is 528. The zero-order valence-corrected chi connectivity index (χ0v) is 12.3. The Labute approximate surface area is 127 Å². The highest BCUT2D eigenvalue weighted by Crippen LogP contribution is 2.28. The van der Waals surface area contributed by atoms with E-state index in [4.69, 9.17) is 10.5 Å². The summed E-state index contributed by atoms with van der Waals surface area (Å²) < 4.78 is 34.0. The molecule has 0 unspecified atom stereocenters. The number of hydrogen-bond donors (Lipinski definition) is 1. The van der Waals surface area contributed by atoms with Crippen LogP contribution in [0.4, 0.5) is 20.2 Å². The number of anilines is 2. The fourth-order valence-electron chi connectivity index (χ4n) is 2.21. The summed E-state index contributed by atoms with van der Waals surface area (Å²) in [5, 5.41) is 0. The Morgan fingerprint density at radius 2 is 2.27 bits per heavy atom. The standard InChI is InChI=1S/C14H19F2N3O3/c1-18(4-5-19-6-7-21-9-13(19)20)12-8-10(22-14(15)16)2-3-11(12)17/h2-3,8,14H,4-7,9,17H2,1H3. The van der Waals surface area contributed by atoms with Crippen LogP contribution in [0.5, 0.6) is 5.75 Å². The third-order valence-electron chi connectivity index (χ3n) is 3.43. The minimum absolute atomic E-state index is 0.0495. The Morgan fingerprint density at radius 1 is 1.50 bits per heavy atom. The molecule has 2 rings (SSSR count). The Morgan fingerprint density at radius 3 is 2.95 bits per heavy atom. The van der Waals surface area contributed by atoms with Crippen molar-refractivity contribution in [3.8, 4) is 5.75 Å². The van der Waals surface area contributed by atoms with E-state index >= 15 is 0 Å². The van der Waals surface area contributed by atoms with Crippen LogP contribution in [0.15, 0.2) is 18.2 Å². The molecule has 1 aromatic carbocycles. The van der Waals surface area contributed by atoms with Crippen molar-refractivity contribution in [3.63, 3.8) is 0 Å². The van der Waals surface area contributed by atoms with Crippen LogP contribution in [0, 0.1) is 0 Å². The summed E-state index contributed by atoms with van der Waals surface area (Å²) in [6, 6.07) is 4.37. The van der Waals surface area contributed by atoms with E-state index in [0.29, 0.717) is 37.6 Å². The number of alkyl halides is 2. The average molecular weight is 315 g/mol. The summed E-state index contributed by atoms with van der Waals surface area (Å²) in [6.45, 7) is -0.672. The monoisotopic (exact) mass is 315 g/mol. The Kier molecular flexibility index (Phi) is 5.37. The highest BCUT2D eigenvalue weighted by molar-refractivity contribution is 5.78. The molecule has 6 nitrogen and oxygen atoms in total. The van der Waals surface area contributed by atoms with Crippen LogP contribution < -0.4 is 15.4 Å². The van der Waals surface area contributed by atoms with Crippen molar-refractivity contribution in [2.24, 2.45) is 0 Å². The maximum absolute atomic E-state index is 12.3. The van der Waals surface area contributed by atoms with E-state index in [0.717, 1.165) is 0 Å². The molecule has 1 aliphatic rings. The van der Waals surface area contributed by atoms with Crippen molar-refractivity contribution >= 4 is 17.3 Å². The predicted molar refractivity (Wildman–Crippen MR) is 78.2 cm³/mol. The number of nitrogens with zero attached hydrogens (tertiary/aromatic N) is 2. The van der Waals surface area contributed by atoms with Gasteiger partial charge in [0.15, 0.2) is 0 Å². The van der Waals surface area contributed by atoms with Crippen LogP contribution in [-0.2, 0) is 9.53 Å². The van der Waals surface area contributed by atoms with Gasteiger partial charge in [-0.1, -0.05) is 0 Å². The number of morpholine rings is 1. The van der Waals surface area contributed by atoms with E-state index in [1.165, 1.54) is 18.2 Å². The second-order valence-electron chi connectivity index (χ2n) is 4.95.